The van der Waals surface area contributed by atoms with E-state index in [0.717, 1.165) is 12.8 Å². The molecule has 0 unspecified atom stereocenters. The molecule has 0 aliphatic carbocycles. The third kappa shape index (κ3) is 1.44. The SMILES string of the molecule is Cl.O[C@H]1C[C@H]2CC[C@@H](C1)N2. The molecule has 2 N–H and O–H groups in total. The van der Waals surface area contributed by atoms with Crippen molar-refractivity contribution >= 4 is 12.4 Å². The molecule has 3 heteroatoms. The van der Waals surface area contributed by atoms with Gasteiger partial charge in [0, 0.05) is 12.1 Å². The van der Waals surface area contributed by atoms with Crippen LogP contribution in [-0.2, 0) is 0 Å². The van der Waals surface area contributed by atoms with E-state index in [0.29, 0.717) is 12.1 Å². The number of fused-ring (bicyclic) bond motifs is 2. The van der Waals surface area contributed by atoms with Crippen molar-refractivity contribution in [3.8, 4) is 0 Å². The third-order valence-electron chi connectivity index (χ3n) is 2.45. The van der Waals surface area contributed by atoms with Gasteiger partial charge in [-0.15, -0.1) is 12.4 Å². The molecule has 2 nitrogen and oxygen atoms in total. The van der Waals surface area contributed by atoms with Crippen LogP contribution in [0.5, 0.6) is 0 Å². The second-order valence-corrected chi connectivity index (χ2v) is 3.26. The monoisotopic (exact) mass is 163 g/mol. The standard InChI is InChI=1S/C7H13NO.ClH/c9-7-3-5-1-2-6(4-7)8-5;/h5-9H,1-4H2;1H/t5-,6+,7+;. The largest absolute Gasteiger partial charge is 0.393 e. The average Bonchev–Trinajstić information content (AvgIpc) is 2.11. The van der Waals surface area contributed by atoms with Crippen molar-refractivity contribution in [3.05, 3.63) is 0 Å². The molecule has 2 aliphatic heterocycles. The zero-order valence-electron chi connectivity index (χ0n) is 5.92. The second-order valence-electron chi connectivity index (χ2n) is 3.26. The molecule has 0 aromatic heterocycles. The summed E-state index contributed by atoms with van der Waals surface area (Å²) in [7, 11) is 0. The first-order chi connectivity index (χ1) is 4.34. The summed E-state index contributed by atoms with van der Waals surface area (Å²) in [5.74, 6) is 0. The molecule has 2 rings (SSSR count). The van der Waals surface area contributed by atoms with Crippen LogP contribution in [-0.4, -0.2) is 23.3 Å². The van der Waals surface area contributed by atoms with Crippen LogP contribution in [0.25, 0.3) is 0 Å². The van der Waals surface area contributed by atoms with Gasteiger partial charge in [-0.25, -0.2) is 0 Å². The Morgan fingerprint density at radius 2 is 1.60 bits per heavy atom. The maximum absolute atomic E-state index is 9.25. The van der Waals surface area contributed by atoms with Gasteiger partial charge in [0.2, 0.25) is 0 Å². The van der Waals surface area contributed by atoms with Crippen LogP contribution in [0.3, 0.4) is 0 Å². The molecule has 3 atom stereocenters. The molecule has 0 spiro atoms. The minimum atomic E-state index is -0.0104. The van der Waals surface area contributed by atoms with Crippen LogP contribution in [0.15, 0.2) is 0 Å². The zero-order valence-corrected chi connectivity index (χ0v) is 6.73. The van der Waals surface area contributed by atoms with E-state index in [-0.39, 0.29) is 18.5 Å². The third-order valence-corrected chi connectivity index (χ3v) is 2.45. The van der Waals surface area contributed by atoms with Crippen molar-refractivity contribution in [1.29, 1.82) is 0 Å². The van der Waals surface area contributed by atoms with E-state index in [1.165, 1.54) is 12.8 Å². The molecule has 2 bridgehead atoms. The maximum Gasteiger partial charge on any atom is 0.0569 e. The van der Waals surface area contributed by atoms with Crippen LogP contribution >= 0.6 is 12.4 Å². The Bertz CT molecular complexity index is 108. The van der Waals surface area contributed by atoms with E-state index < -0.39 is 0 Å². The zero-order chi connectivity index (χ0) is 6.27. The van der Waals surface area contributed by atoms with Crippen molar-refractivity contribution in [2.45, 2.75) is 43.9 Å². The first-order valence-corrected chi connectivity index (χ1v) is 3.79. The Labute approximate surface area is 67.4 Å². The molecular formula is C7H14ClNO. The highest BCUT2D eigenvalue weighted by atomic mass is 35.5. The van der Waals surface area contributed by atoms with Gasteiger partial charge in [0.15, 0.2) is 0 Å². The summed E-state index contributed by atoms with van der Waals surface area (Å²) in [6, 6.07) is 1.28. The van der Waals surface area contributed by atoms with Crippen molar-refractivity contribution in [2.75, 3.05) is 0 Å². The lowest BCUT2D eigenvalue weighted by molar-refractivity contribution is 0.114. The second kappa shape index (κ2) is 3.07. The van der Waals surface area contributed by atoms with E-state index in [1.807, 2.05) is 0 Å². The summed E-state index contributed by atoms with van der Waals surface area (Å²) >= 11 is 0. The molecule has 10 heavy (non-hydrogen) atoms. The fourth-order valence-electron chi connectivity index (χ4n) is 2.03. The van der Waals surface area contributed by atoms with E-state index >= 15 is 0 Å². The fourth-order valence-corrected chi connectivity index (χ4v) is 2.03. The predicted octanol–water partition coefficient (Wildman–Crippen LogP) is 0.683. The number of aliphatic hydroxyl groups is 1. The summed E-state index contributed by atoms with van der Waals surface area (Å²) in [4.78, 5) is 0. The van der Waals surface area contributed by atoms with Gasteiger partial charge in [0.05, 0.1) is 6.10 Å². The first-order valence-electron chi connectivity index (χ1n) is 3.79. The lowest BCUT2D eigenvalue weighted by atomic mass is 10.0. The highest BCUT2D eigenvalue weighted by molar-refractivity contribution is 5.85. The molecule has 2 saturated heterocycles. The highest BCUT2D eigenvalue weighted by Gasteiger charge is 2.31. The molecule has 0 amide bonds. The van der Waals surface area contributed by atoms with Gasteiger partial charge in [0.25, 0.3) is 0 Å². The Balaban J connectivity index is 0.000000500. The molecule has 2 aliphatic rings. The lowest BCUT2D eigenvalue weighted by Gasteiger charge is -2.24. The van der Waals surface area contributed by atoms with Gasteiger partial charge in [-0.3, -0.25) is 0 Å². The predicted molar refractivity (Wildman–Crippen MR) is 42.4 cm³/mol. The van der Waals surface area contributed by atoms with Crippen LogP contribution in [0.2, 0.25) is 0 Å². The topological polar surface area (TPSA) is 32.3 Å². The van der Waals surface area contributed by atoms with Crippen LogP contribution in [0, 0.1) is 0 Å². The van der Waals surface area contributed by atoms with Crippen LogP contribution in [0.4, 0.5) is 0 Å². The molecule has 2 fully saturated rings. The summed E-state index contributed by atoms with van der Waals surface area (Å²) < 4.78 is 0. The smallest absolute Gasteiger partial charge is 0.0569 e. The van der Waals surface area contributed by atoms with Crippen molar-refractivity contribution in [2.24, 2.45) is 0 Å². The number of halogens is 1. The van der Waals surface area contributed by atoms with Crippen LogP contribution in [0.1, 0.15) is 25.7 Å². The Morgan fingerprint density at radius 3 is 2.10 bits per heavy atom. The minimum absolute atomic E-state index is 0. The Hall–Kier alpha value is 0.210. The summed E-state index contributed by atoms with van der Waals surface area (Å²) in [6.07, 6.45) is 4.51. The number of nitrogens with one attached hydrogen (secondary N) is 1. The maximum atomic E-state index is 9.25. The number of hydrogen-bond donors (Lipinski definition) is 2. The van der Waals surface area contributed by atoms with E-state index in [4.69, 9.17) is 0 Å². The first kappa shape index (κ1) is 8.31. The van der Waals surface area contributed by atoms with Crippen molar-refractivity contribution < 1.29 is 5.11 Å². The lowest BCUT2D eigenvalue weighted by Crippen LogP contribution is -2.40. The minimum Gasteiger partial charge on any atom is -0.393 e. The van der Waals surface area contributed by atoms with E-state index in [9.17, 15) is 5.11 Å². The number of aliphatic hydroxyl groups excluding tert-OH is 1. The van der Waals surface area contributed by atoms with Gasteiger partial charge < -0.3 is 10.4 Å². The van der Waals surface area contributed by atoms with Gasteiger partial charge in [-0.1, -0.05) is 0 Å². The quantitative estimate of drug-likeness (QED) is 0.551. The van der Waals surface area contributed by atoms with Crippen molar-refractivity contribution in [1.82, 2.24) is 5.32 Å². The normalized spacial score (nSPS) is 44.7. The van der Waals surface area contributed by atoms with Gasteiger partial charge in [-0.2, -0.15) is 0 Å². The van der Waals surface area contributed by atoms with Gasteiger partial charge >= 0.3 is 0 Å². The van der Waals surface area contributed by atoms with Gasteiger partial charge in [-0.05, 0) is 25.7 Å². The molecule has 0 aromatic rings. The molecule has 0 aromatic carbocycles. The molecule has 60 valence electrons. The molecular weight excluding hydrogens is 150 g/mol. The molecule has 0 saturated carbocycles. The fraction of sp³-hybridized carbons (Fsp3) is 1.00. The Morgan fingerprint density at radius 1 is 1.10 bits per heavy atom. The summed E-state index contributed by atoms with van der Waals surface area (Å²) in [5.41, 5.74) is 0. The number of piperidine rings is 1. The van der Waals surface area contributed by atoms with Crippen LogP contribution < -0.4 is 5.32 Å². The number of rotatable bonds is 0. The summed E-state index contributed by atoms with van der Waals surface area (Å²) in [5, 5.41) is 12.7. The van der Waals surface area contributed by atoms with E-state index in [1.54, 1.807) is 0 Å². The summed E-state index contributed by atoms with van der Waals surface area (Å²) in [6.45, 7) is 0. The molecule has 2 heterocycles. The average molecular weight is 164 g/mol. The Kier molecular flexibility index (Phi) is 2.55. The highest BCUT2D eigenvalue weighted by Crippen LogP contribution is 2.26. The van der Waals surface area contributed by atoms with E-state index in [2.05, 4.69) is 5.32 Å². The van der Waals surface area contributed by atoms with Gasteiger partial charge in [0.1, 0.15) is 0 Å². The number of hydrogen-bond acceptors (Lipinski definition) is 2. The van der Waals surface area contributed by atoms with Crippen molar-refractivity contribution in [3.63, 3.8) is 0 Å². The molecule has 0 radical (unpaired) electrons.